The van der Waals surface area contributed by atoms with E-state index in [1.807, 2.05) is 26.0 Å². The van der Waals surface area contributed by atoms with Gasteiger partial charge in [0.15, 0.2) is 0 Å². The van der Waals surface area contributed by atoms with Crippen molar-refractivity contribution in [2.24, 2.45) is 0 Å². The second-order valence-electron chi connectivity index (χ2n) is 4.34. The standard InChI is InChI=1S/C14H18N2O3/c1-8-5-13(19-4)10(6-12(8)18-3)14-15-9(2)11(7-17)16-14/h5-6,17H,7H2,1-4H3,(H,15,16). The summed E-state index contributed by atoms with van der Waals surface area (Å²) >= 11 is 0. The average molecular weight is 262 g/mol. The smallest absolute Gasteiger partial charge is 0.141 e. The molecule has 0 radical (unpaired) electrons. The van der Waals surface area contributed by atoms with E-state index < -0.39 is 0 Å². The quantitative estimate of drug-likeness (QED) is 0.886. The minimum absolute atomic E-state index is 0.0896. The van der Waals surface area contributed by atoms with Gasteiger partial charge in [-0.1, -0.05) is 0 Å². The maximum absolute atomic E-state index is 9.21. The highest BCUT2D eigenvalue weighted by molar-refractivity contribution is 5.68. The highest BCUT2D eigenvalue weighted by Gasteiger charge is 2.15. The number of rotatable bonds is 4. The number of methoxy groups -OCH3 is 2. The van der Waals surface area contributed by atoms with Crippen LogP contribution in [-0.4, -0.2) is 29.3 Å². The van der Waals surface area contributed by atoms with Crippen LogP contribution in [0, 0.1) is 13.8 Å². The third kappa shape index (κ3) is 2.42. The van der Waals surface area contributed by atoms with Crippen molar-refractivity contribution >= 4 is 0 Å². The van der Waals surface area contributed by atoms with E-state index in [0.717, 1.165) is 28.3 Å². The molecule has 102 valence electrons. The third-order valence-electron chi connectivity index (χ3n) is 3.11. The first-order valence-corrected chi connectivity index (χ1v) is 6.00. The number of aliphatic hydroxyl groups excluding tert-OH is 1. The maximum atomic E-state index is 9.21. The molecule has 0 spiro atoms. The van der Waals surface area contributed by atoms with E-state index in [2.05, 4.69) is 9.97 Å². The zero-order valence-corrected chi connectivity index (χ0v) is 11.6. The number of nitrogens with zero attached hydrogens (tertiary/aromatic N) is 1. The van der Waals surface area contributed by atoms with Crippen LogP contribution in [0.5, 0.6) is 11.5 Å². The molecule has 2 aromatic rings. The predicted molar refractivity (Wildman–Crippen MR) is 72.5 cm³/mol. The fraction of sp³-hybridized carbons (Fsp3) is 0.357. The number of H-pyrrole nitrogens is 1. The normalized spacial score (nSPS) is 10.6. The van der Waals surface area contributed by atoms with Gasteiger partial charge >= 0.3 is 0 Å². The van der Waals surface area contributed by atoms with Crippen LogP contribution in [0.2, 0.25) is 0 Å². The summed E-state index contributed by atoms with van der Waals surface area (Å²) in [5, 5.41) is 9.21. The number of aryl methyl sites for hydroxylation is 2. The topological polar surface area (TPSA) is 67.4 Å². The molecule has 0 saturated heterocycles. The van der Waals surface area contributed by atoms with Crippen molar-refractivity contribution in [3.05, 3.63) is 29.1 Å². The Bertz CT molecular complexity index is 591. The molecule has 0 amide bonds. The van der Waals surface area contributed by atoms with E-state index in [0.29, 0.717) is 11.5 Å². The summed E-state index contributed by atoms with van der Waals surface area (Å²) in [6, 6.07) is 3.79. The van der Waals surface area contributed by atoms with Crippen LogP contribution in [0.1, 0.15) is 17.0 Å². The third-order valence-corrected chi connectivity index (χ3v) is 3.11. The Hall–Kier alpha value is -2.01. The van der Waals surface area contributed by atoms with Crippen molar-refractivity contribution in [3.8, 4) is 22.9 Å². The molecule has 0 bridgehead atoms. The number of hydrogen-bond donors (Lipinski definition) is 2. The predicted octanol–water partition coefficient (Wildman–Crippen LogP) is 2.20. The molecule has 2 rings (SSSR count). The van der Waals surface area contributed by atoms with Crippen LogP contribution in [0.3, 0.4) is 0 Å². The van der Waals surface area contributed by atoms with E-state index >= 15 is 0 Å². The van der Waals surface area contributed by atoms with Crippen LogP contribution in [0.25, 0.3) is 11.4 Å². The van der Waals surface area contributed by atoms with Gasteiger partial charge in [-0.25, -0.2) is 4.98 Å². The van der Waals surface area contributed by atoms with Crippen molar-refractivity contribution in [1.82, 2.24) is 9.97 Å². The summed E-state index contributed by atoms with van der Waals surface area (Å²) in [6.45, 7) is 3.74. The van der Waals surface area contributed by atoms with Gasteiger partial charge in [-0.2, -0.15) is 0 Å². The summed E-state index contributed by atoms with van der Waals surface area (Å²) in [5.74, 6) is 2.16. The molecular weight excluding hydrogens is 244 g/mol. The molecule has 0 aliphatic heterocycles. The molecule has 2 N–H and O–H groups in total. The molecule has 1 aromatic carbocycles. The van der Waals surface area contributed by atoms with E-state index in [-0.39, 0.29) is 6.61 Å². The molecule has 0 atom stereocenters. The molecule has 1 aromatic heterocycles. The van der Waals surface area contributed by atoms with Crippen molar-refractivity contribution in [3.63, 3.8) is 0 Å². The summed E-state index contributed by atoms with van der Waals surface area (Å²) in [5.41, 5.74) is 3.29. The van der Waals surface area contributed by atoms with Crippen molar-refractivity contribution < 1.29 is 14.6 Å². The fourth-order valence-electron chi connectivity index (χ4n) is 2.01. The zero-order valence-electron chi connectivity index (χ0n) is 11.6. The Labute approximate surface area is 112 Å². The lowest BCUT2D eigenvalue weighted by Gasteiger charge is -2.11. The van der Waals surface area contributed by atoms with Crippen molar-refractivity contribution in [1.29, 1.82) is 0 Å². The van der Waals surface area contributed by atoms with Crippen LogP contribution in [0.4, 0.5) is 0 Å². The van der Waals surface area contributed by atoms with Crippen LogP contribution in [-0.2, 0) is 6.61 Å². The monoisotopic (exact) mass is 262 g/mol. The highest BCUT2D eigenvalue weighted by Crippen LogP contribution is 2.34. The Morgan fingerprint density at radius 2 is 1.84 bits per heavy atom. The number of aromatic nitrogens is 2. The van der Waals surface area contributed by atoms with Crippen molar-refractivity contribution in [2.45, 2.75) is 20.5 Å². The summed E-state index contributed by atoms with van der Waals surface area (Å²) in [4.78, 5) is 7.52. The largest absolute Gasteiger partial charge is 0.496 e. The van der Waals surface area contributed by atoms with Crippen LogP contribution in [0.15, 0.2) is 12.1 Å². The highest BCUT2D eigenvalue weighted by atomic mass is 16.5. The van der Waals surface area contributed by atoms with Gasteiger partial charge in [0.1, 0.15) is 17.3 Å². The maximum Gasteiger partial charge on any atom is 0.141 e. The van der Waals surface area contributed by atoms with Gasteiger partial charge in [0, 0.05) is 5.69 Å². The van der Waals surface area contributed by atoms with Crippen molar-refractivity contribution in [2.75, 3.05) is 14.2 Å². The first-order valence-electron chi connectivity index (χ1n) is 6.00. The van der Waals surface area contributed by atoms with Gasteiger partial charge in [0.05, 0.1) is 32.1 Å². The van der Waals surface area contributed by atoms with Crippen LogP contribution >= 0.6 is 0 Å². The molecule has 1 heterocycles. The number of imidazole rings is 1. The first-order chi connectivity index (χ1) is 9.10. The molecular formula is C14H18N2O3. The SMILES string of the molecule is COc1cc(-c2nc(CO)c(C)[nH]2)c(OC)cc1C. The Balaban J connectivity index is 2.58. The summed E-state index contributed by atoms with van der Waals surface area (Å²) < 4.78 is 10.7. The average Bonchev–Trinajstić information content (AvgIpc) is 2.79. The van der Waals surface area contributed by atoms with Gasteiger partial charge < -0.3 is 19.6 Å². The number of aliphatic hydroxyl groups is 1. The summed E-state index contributed by atoms with van der Waals surface area (Å²) in [6.07, 6.45) is 0. The molecule has 0 aliphatic rings. The number of nitrogens with one attached hydrogen (secondary N) is 1. The number of hydrogen-bond acceptors (Lipinski definition) is 4. The number of aromatic amines is 1. The second kappa shape index (κ2) is 5.32. The second-order valence-corrected chi connectivity index (χ2v) is 4.34. The Kier molecular flexibility index (Phi) is 3.76. The fourth-order valence-corrected chi connectivity index (χ4v) is 2.01. The van der Waals surface area contributed by atoms with Crippen LogP contribution < -0.4 is 9.47 Å². The minimum atomic E-state index is -0.0896. The van der Waals surface area contributed by atoms with Gasteiger partial charge in [-0.05, 0) is 31.5 Å². The van der Waals surface area contributed by atoms with Gasteiger partial charge in [-0.3, -0.25) is 0 Å². The molecule has 5 nitrogen and oxygen atoms in total. The first kappa shape index (κ1) is 13.4. The molecule has 19 heavy (non-hydrogen) atoms. The van der Waals surface area contributed by atoms with Gasteiger partial charge in [0.25, 0.3) is 0 Å². The lowest BCUT2D eigenvalue weighted by molar-refractivity contribution is 0.276. The zero-order chi connectivity index (χ0) is 14.0. The van der Waals surface area contributed by atoms with E-state index in [9.17, 15) is 5.11 Å². The number of benzene rings is 1. The lowest BCUT2D eigenvalue weighted by atomic mass is 10.1. The molecule has 0 aliphatic carbocycles. The lowest BCUT2D eigenvalue weighted by Crippen LogP contribution is -1.94. The van der Waals surface area contributed by atoms with E-state index in [4.69, 9.17) is 9.47 Å². The molecule has 0 saturated carbocycles. The van der Waals surface area contributed by atoms with Gasteiger partial charge in [0.2, 0.25) is 0 Å². The Morgan fingerprint density at radius 3 is 2.37 bits per heavy atom. The summed E-state index contributed by atoms with van der Waals surface area (Å²) in [7, 11) is 3.25. The minimum Gasteiger partial charge on any atom is -0.496 e. The van der Waals surface area contributed by atoms with Gasteiger partial charge in [-0.15, -0.1) is 0 Å². The van der Waals surface area contributed by atoms with E-state index in [1.165, 1.54) is 0 Å². The molecule has 0 unspecified atom stereocenters. The molecule has 0 fully saturated rings. The van der Waals surface area contributed by atoms with E-state index in [1.54, 1.807) is 14.2 Å². The number of ether oxygens (including phenoxy) is 2. The Morgan fingerprint density at radius 1 is 1.16 bits per heavy atom. The molecule has 5 heteroatoms.